The molecule has 0 radical (unpaired) electrons. The molecule has 1 saturated heterocycles. The lowest BCUT2D eigenvalue weighted by Gasteiger charge is -2.29. The van der Waals surface area contributed by atoms with Crippen molar-refractivity contribution in [1.29, 1.82) is 0 Å². The van der Waals surface area contributed by atoms with E-state index in [0.717, 1.165) is 0 Å². The maximum absolute atomic E-state index is 12.0. The van der Waals surface area contributed by atoms with Gasteiger partial charge in [-0.1, -0.05) is 0 Å². The molecule has 1 aromatic heterocycles. The lowest BCUT2D eigenvalue weighted by atomic mass is 10.0. The van der Waals surface area contributed by atoms with E-state index in [2.05, 4.69) is 10.9 Å². The smallest absolute Gasteiger partial charge is 0.351 e. The monoisotopic (exact) mass is 279 g/mol. The Labute approximate surface area is 116 Å². The minimum absolute atomic E-state index is 0.0749. The fourth-order valence-corrected chi connectivity index (χ4v) is 2.39. The van der Waals surface area contributed by atoms with Crippen LogP contribution in [0.1, 0.15) is 18.4 Å². The van der Waals surface area contributed by atoms with E-state index in [9.17, 15) is 15.0 Å². The van der Waals surface area contributed by atoms with Gasteiger partial charge in [-0.3, -0.25) is 4.57 Å². The van der Waals surface area contributed by atoms with Crippen LogP contribution < -0.4 is 11.4 Å². The third kappa shape index (κ3) is 2.29. The van der Waals surface area contributed by atoms with E-state index in [-0.39, 0.29) is 25.3 Å². The van der Waals surface area contributed by atoms with E-state index in [1.807, 2.05) is 0 Å². The lowest BCUT2D eigenvalue weighted by molar-refractivity contribution is -0.116. The zero-order valence-corrected chi connectivity index (χ0v) is 11.1. The van der Waals surface area contributed by atoms with Crippen LogP contribution >= 0.6 is 0 Å². The van der Waals surface area contributed by atoms with Gasteiger partial charge in [0.2, 0.25) is 0 Å². The molecule has 1 aliphatic rings. The summed E-state index contributed by atoms with van der Waals surface area (Å²) < 4.78 is 6.90. The van der Waals surface area contributed by atoms with Crippen LogP contribution in [0.5, 0.6) is 0 Å². The molecule has 0 aromatic carbocycles. The molecule has 1 aromatic rings. The molecule has 2 rings (SSSR count). The number of aromatic nitrogens is 2. The summed E-state index contributed by atoms with van der Waals surface area (Å²) in [6, 6.07) is 0. The van der Waals surface area contributed by atoms with Gasteiger partial charge in [0.15, 0.2) is 5.72 Å². The highest BCUT2D eigenvalue weighted by Crippen LogP contribution is 2.37. The Kier molecular flexibility index (Phi) is 3.81. The second kappa shape index (κ2) is 5.25. The van der Waals surface area contributed by atoms with Gasteiger partial charge < -0.3 is 20.7 Å². The number of anilines is 1. The quantitative estimate of drug-likeness (QED) is 0.609. The van der Waals surface area contributed by atoms with Crippen LogP contribution in [0.25, 0.3) is 0 Å². The first-order valence-corrected chi connectivity index (χ1v) is 6.20. The first-order valence-electron chi connectivity index (χ1n) is 6.20. The van der Waals surface area contributed by atoms with Gasteiger partial charge in [0.25, 0.3) is 0 Å². The Bertz CT molecular complexity index is 607. The van der Waals surface area contributed by atoms with Gasteiger partial charge in [-0.25, -0.2) is 4.79 Å². The van der Waals surface area contributed by atoms with Crippen LogP contribution in [-0.2, 0) is 10.5 Å². The van der Waals surface area contributed by atoms with Crippen LogP contribution in [0, 0.1) is 19.3 Å². The van der Waals surface area contributed by atoms with Crippen molar-refractivity contribution in [3.8, 4) is 12.3 Å². The van der Waals surface area contributed by atoms with Crippen LogP contribution in [0.3, 0.4) is 0 Å². The number of terminal acetylenes is 1. The third-order valence-corrected chi connectivity index (χ3v) is 3.47. The molecule has 7 nitrogen and oxygen atoms in total. The van der Waals surface area contributed by atoms with Gasteiger partial charge >= 0.3 is 5.69 Å². The van der Waals surface area contributed by atoms with E-state index < -0.39 is 23.6 Å². The number of nitrogens with two attached hydrogens (primary N) is 1. The third-order valence-electron chi connectivity index (χ3n) is 3.47. The van der Waals surface area contributed by atoms with Crippen molar-refractivity contribution in [3.05, 3.63) is 22.2 Å². The van der Waals surface area contributed by atoms with E-state index in [1.54, 1.807) is 6.92 Å². The van der Waals surface area contributed by atoms with Crippen LogP contribution in [0.2, 0.25) is 0 Å². The first-order chi connectivity index (χ1) is 9.43. The van der Waals surface area contributed by atoms with Crippen molar-refractivity contribution >= 4 is 5.82 Å². The normalized spacial score (nSPS) is 29.3. The summed E-state index contributed by atoms with van der Waals surface area (Å²) in [5.41, 5.74) is 4.39. The van der Waals surface area contributed by atoms with Gasteiger partial charge in [-0.15, -0.1) is 12.3 Å². The van der Waals surface area contributed by atoms with E-state index >= 15 is 0 Å². The Balaban J connectivity index is 2.53. The Hall–Kier alpha value is -1.88. The SMILES string of the molecule is C#CC[C@]1(n2cc(C)c(N)nc2=O)C[C@H](O)[C@@H](CO)O1. The van der Waals surface area contributed by atoms with Crippen LogP contribution in [0.4, 0.5) is 5.82 Å². The number of aryl methyl sites for hydroxylation is 1. The molecule has 7 heteroatoms. The fraction of sp³-hybridized carbons (Fsp3) is 0.538. The Morgan fingerprint density at radius 3 is 3.00 bits per heavy atom. The lowest BCUT2D eigenvalue weighted by Crippen LogP contribution is -2.42. The van der Waals surface area contributed by atoms with Crippen molar-refractivity contribution < 1.29 is 14.9 Å². The first kappa shape index (κ1) is 14.5. The number of hydrogen-bond acceptors (Lipinski definition) is 6. The molecule has 20 heavy (non-hydrogen) atoms. The molecule has 0 bridgehead atoms. The van der Waals surface area contributed by atoms with E-state index in [4.69, 9.17) is 16.9 Å². The molecule has 0 aliphatic carbocycles. The maximum Gasteiger partial charge on any atom is 0.351 e. The van der Waals surface area contributed by atoms with E-state index in [1.165, 1.54) is 10.8 Å². The molecule has 0 unspecified atom stereocenters. The minimum Gasteiger partial charge on any atom is -0.394 e. The summed E-state index contributed by atoms with van der Waals surface area (Å²) in [4.78, 5) is 15.8. The van der Waals surface area contributed by atoms with Crippen LogP contribution in [0.15, 0.2) is 11.0 Å². The summed E-state index contributed by atoms with van der Waals surface area (Å²) in [5, 5.41) is 19.1. The molecule has 108 valence electrons. The summed E-state index contributed by atoms with van der Waals surface area (Å²) in [6.45, 7) is 1.35. The van der Waals surface area contributed by atoms with Crippen molar-refractivity contribution in [2.45, 2.75) is 37.7 Å². The average Bonchev–Trinajstić information content (AvgIpc) is 2.71. The Morgan fingerprint density at radius 2 is 2.45 bits per heavy atom. The summed E-state index contributed by atoms with van der Waals surface area (Å²) in [5.74, 6) is 2.58. The van der Waals surface area contributed by atoms with Gasteiger partial charge in [-0.2, -0.15) is 4.98 Å². The zero-order chi connectivity index (χ0) is 14.9. The number of ether oxygens (including phenoxy) is 1. The van der Waals surface area contributed by atoms with Crippen molar-refractivity contribution in [2.24, 2.45) is 0 Å². The number of hydrogen-bond donors (Lipinski definition) is 3. The van der Waals surface area contributed by atoms with Gasteiger partial charge in [-0.05, 0) is 6.92 Å². The van der Waals surface area contributed by atoms with Gasteiger partial charge in [0.1, 0.15) is 11.9 Å². The number of rotatable bonds is 3. The number of nitrogen functional groups attached to an aromatic ring is 1. The largest absolute Gasteiger partial charge is 0.394 e. The van der Waals surface area contributed by atoms with Crippen LogP contribution in [-0.4, -0.2) is 38.6 Å². The standard InChI is InChI=1S/C13H17N3O4/c1-3-4-13(5-9(18)10(7-17)20-13)16-6-8(2)11(14)15-12(16)19/h1,6,9-10,17-18H,4-5,7H2,2H3,(H2,14,15,19)/t9-,10+,13+/m0/s1. The predicted octanol–water partition coefficient (Wildman–Crippen LogP) is -1.05. The molecule has 0 saturated carbocycles. The average molecular weight is 279 g/mol. The number of aliphatic hydroxyl groups excluding tert-OH is 2. The molecule has 2 heterocycles. The van der Waals surface area contributed by atoms with Gasteiger partial charge in [0.05, 0.1) is 19.1 Å². The fourth-order valence-electron chi connectivity index (χ4n) is 2.39. The molecule has 3 atom stereocenters. The molecule has 0 spiro atoms. The van der Waals surface area contributed by atoms with Crippen molar-refractivity contribution in [2.75, 3.05) is 12.3 Å². The Morgan fingerprint density at radius 1 is 1.75 bits per heavy atom. The van der Waals surface area contributed by atoms with Gasteiger partial charge in [0, 0.05) is 18.2 Å². The highest BCUT2D eigenvalue weighted by Gasteiger charge is 2.47. The second-order valence-electron chi connectivity index (χ2n) is 4.90. The summed E-state index contributed by atoms with van der Waals surface area (Å²) >= 11 is 0. The second-order valence-corrected chi connectivity index (χ2v) is 4.90. The molecule has 0 amide bonds. The predicted molar refractivity (Wildman–Crippen MR) is 71.7 cm³/mol. The highest BCUT2D eigenvalue weighted by molar-refractivity contribution is 5.35. The molecule has 4 N–H and O–H groups in total. The summed E-state index contributed by atoms with van der Waals surface area (Å²) in [6.07, 6.45) is 5.35. The number of nitrogens with zero attached hydrogens (tertiary/aromatic N) is 2. The molecular weight excluding hydrogens is 262 g/mol. The maximum atomic E-state index is 12.0. The highest BCUT2D eigenvalue weighted by atomic mass is 16.6. The van der Waals surface area contributed by atoms with Crippen molar-refractivity contribution in [3.63, 3.8) is 0 Å². The molecule has 1 aliphatic heterocycles. The zero-order valence-electron chi connectivity index (χ0n) is 11.1. The molecular formula is C13H17N3O4. The topological polar surface area (TPSA) is 111 Å². The minimum atomic E-state index is -1.20. The molecule has 1 fully saturated rings. The van der Waals surface area contributed by atoms with Crippen molar-refractivity contribution in [1.82, 2.24) is 9.55 Å². The summed E-state index contributed by atoms with van der Waals surface area (Å²) in [7, 11) is 0. The van der Waals surface area contributed by atoms with E-state index in [0.29, 0.717) is 5.56 Å². The number of aliphatic hydroxyl groups is 2.